The molecule has 2 aliphatic rings. The van der Waals surface area contributed by atoms with E-state index in [9.17, 15) is 13.2 Å². The summed E-state index contributed by atoms with van der Waals surface area (Å²) in [6.45, 7) is -0.0294. The predicted octanol–water partition coefficient (Wildman–Crippen LogP) is 4.56. The van der Waals surface area contributed by atoms with Gasteiger partial charge < -0.3 is 15.4 Å². The third kappa shape index (κ3) is 5.09. The van der Waals surface area contributed by atoms with E-state index in [0.29, 0.717) is 5.96 Å². The highest BCUT2D eigenvalue weighted by Crippen LogP contribution is 2.47. The van der Waals surface area contributed by atoms with Gasteiger partial charge in [0.05, 0.1) is 6.04 Å². The Kier molecular flexibility index (Phi) is 7.07. The van der Waals surface area contributed by atoms with Crippen molar-refractivity contribution in [2.24, 2.45) is 12.0 Å². The Morgan fingerprint density at radius 1 is 1.29 bits per heavy atom. The minimum absolute atomic E-state index is 0. The van der Waals surface area contributed by atoms with Crippen LogP contribution in [0.5, 0.6) is 5.75 Å². The Hall–Kier alpha value is -1.98. The van der Waals surface area contributed by atoms with Crippen LogP contribution in [0.1, 0.15) is 55.0 Å². The lowest BCUT2D eigenvalue weighted by Gasteiger charge is -2.40. The Morgan fingerprint density at radius 2 is 2.00 bits per heavy atom. The minimum atomic E-state index is -4.50. The molecule has 2 heterocycles. The zero-order valence-corrected chi connectivity index (χ0v) is 19.8. The number of alkyl halides is 3. The molecule has 1 spiro atoms. The highest BCUT2D eigenvalue weighted by molar-refractivity contribution is 14.0. The van der Waals surface area contributed by atoms with Crippen molar-refractivity contribution < 1.29 is 17.9 Å². The summed E-state index contributed by atoms with van der Waals surface area (Å²) in [4.78, 5) is 4.23. The van der Waals surface area contributed by atoms with Gasteiger partial charge in [-0.1, -0.05) is 18.2 Å². The molecule has 0 amide bonds. The molecule has 4 rings (SSSR count). The van der Waals surface area contributed by atoms with Gasteiger partial charge in [-0.25, -0.2) is 0 Å². The molecule has 1 atom stereocenters. The number of aliphatic imine (C=N–C) groups is 1. The van der Waals surface area contributed by atoms with Crippen LogP contribution in [0.3, 0.4) is 0 Å². The third-order valence-electron chi connectivity index (χ3n) is 5.87. The molecule has 2 N–H and O–H groups in total. The number of aromatic nitrogens is 2. The normalized spacial score (nSPS) is 20.0. The highest BCUT2D eigenvalue weighted by atomic mass is 127. The number of hydrogen-bond donors (Lipinski definition) is 2. The summed E-state index contributed by atoms with van der Waals surface area (Å²) in [6.07, 6.45) is 1.98. The van der Waals surface area contributed by atoms with Crippen LogP contribution in [0.4, 0.5) is 13.2 Å². The zero-order valence-electron chi connectivity index (χ0n) is 17.5. The number of guanidine groups is 1. The Balaban J connectivity index is 0.00000272. The van der Waals surface area contributed by atoms with Gasteiger partial charge in [0.1, 0.15) is 11.4 Å². The van der Waals surface area contributed by atoms with E-state index < -0.39 is 11.9 Å². The van der Waals surface area contributed by atoms with E-state index in [1.165, 1.54) is 17.9 Å². The lowest BCUT2D eigenvalue weighted by atomic mass is 9.86. The fraction of sp³-hybridized carbons (Fsp3) is 0.524. The predicted molar refractivity (Wildman–Crippen MR) is 123 cm³/mol. The van der Waals surface area contributed by atoms with Crippen LogP contribution < -0.4 is 15.4 Å². The topological polar surface area (TPSA) is 63.5 Å². The van der Waals surface area contributed by atoms with Gasteiger partial charge in [-0.2, -0.15) is 18.3 Å². The van der Waals surface area contributed by atoms with Crippen molar-refractivity contribution in [3.63, 3.8) is 0 Å². The summed E-state index contributed by atoms with van der Waals surface area (Å²) in [5.41, 5.74) is 0.0507. The van der Waals surface area contributed by atoms with Crippen molar-refractivity contribution in [1.29, 1.82) is 0 Å². The summed E-state index contributed by atoms with van der Waals surface area (Å²) in [7, 11) is 3.09. The Morgan fingerprint density at radius 3 is 2.68 bits per heavy atom. The van der Waals surface area contributed by atoms with Gasteiger partial charge in [0, 0.05) is 44.4 Å². The van der Waals surface area contributed by atoms with E-state index in [1.807, 2.05) is 24.3 Å². The van der Waals surface area contributed by atoms with E-state index in [1.54, 1.807) is 7.05 Å². The first-order chi connectivity index (χ1) is 14.3. The molecular formula is C21H27F3IN5O. The van der Waals surface area contributed by atoms with Crippen LogP contribution in [0.25, 0.3) is 0 Å². The fourth-order valence-electron chi connectivity index (χ4n) is 4.52. The Labute approximate surface area is 196 Å². The quantitative estimate of drug-likeness (QED) is 0.335. The van der Waals surface area contributed by atoms with Gasteiger partial charge in [-0.15, -0.1) is 24.0 Å². The van der Waals surface area contributed by atoms with Crippen LogP contribution in [0.2, 0.25) is 0 Å². The third-order valence-corrected chi connectivity index (χ3v) is 5.87. The second-order valence-electron chi connectivity index (χ2n) is 8.03. The van der Waals surface area contributed by atoms with E-state index in [4.69, 9.17) is 4.74 Å². The first-order valence-electron chi connectivity index (χ1n) is 10.1. The molecule has 0 radical (unpaired) electrons. The average molecular weight is 549 g/mol. The fourth-order valence-corrected chi connectivity index (χ4v) is 4.52. The molecule has 1 aliphatic carbocycles. The smallest absolute Gasteiger partial charge is 0.435 e. The number of aryl methyl sites for hydroxylation is 1. The summed E-state index contributed by atoms with van der Waals surface area (Å²) in [5.74, 6) is 1.31. The molecule has 31 heavy (non-hydrogen) atoms. The van der Waals surface area contributed by atoms with Gasteiger partial charge in [-0.3, -0.25) is 9.67 Å². The average Bonchev–Trinajstić information content (AvgIpc) is 3.31. The van der Waals surface area contributed by atoms with Gasteiger partial charge in [0.15, 0.2) is 11.7 Å². The molecule has 1 fully saturated rings. The van der Waals surface area contributed by atoms with Crippen molar-refractivity contribution in [2.75, 3.05) is 7.05 Å². The summed E-state index contributed by atoms with van der Waals surface area (Å²) in [6, 6.07) is 7.88. The molecule has 10 heteroatoms. The maximum atomic E-state index is 13.2. The molecule has 1 aromatic heterocycles. The number of hydrogen-bond acceptors (Lipinski definition) is 3. The van der Waals surface area contributed by atoms with Gasteiger partial charge in [0.25, 0.3) is 0 Å². The van der Waals surface area contributed by atoms with Crippen LogP contribution in [-0.2, 0) is 19.8 Å². The number of nitrogens with one attached hydrogen (secondary N) is 2. The second-order valence-corrected chi connectivity index (χ2v) is 8.03. The molecule has 1 aliphatic heterocycles. The summed E-state index contributed by atoms with van der Waals surface area (Å²) < 4.78 is 47.2. The molecule has 0 saturated heterocycles. The summed E-state index contributed by atoms with van der Waals surface area (Å²) >= 11 is 0. The number of para-hydroxylation sites is 1. The van der Waals surface area contributed by atoms with Crippen molar-refractivity contribution in [3.8, 4) is 5.75 Å². The molecule has 1 unspecified atom stereocenters. The number of nitrogens with zero attached hydrogens (tertiary/aromatic N) is 3. The number of rotatable bonds is 3. The minimum Gasteiger partial charge on any atom is -0.487 e. The SMILES string of the molecule is CN=C(NCc1cn(C)nc1C(F)(F)F)NC1CC2(CCCC2)Oc2ccccc21.I. The van der Waals surface area contributed by atoms with Crippen LogP contribution in [0.15, 0.2) is 35.5 Å². The molecule has 1 aromatic carbocycles. The van der Waals surface area contributed by atoms with Gasteiger partial charge in [0.2, 0.25) is 0 Å². The summed E-state index contributed by atoms with van der Waals surface area (Å²) in [5, 5.41) is 9.97. The monoisotopic (exact) mass is 549 g/mol. The largest absolute Gasteiger partial charge is 0.487 e. The van der Waals surface area contributed by atoms with Crippen molar-refractivity contribution in [1.82, 2.24) is 20.4 Å². The molecule has 170 valence electrons. The van der Waals surface area contributed by atoms with E-state index in [0.717, 1.165) is 43.4 Å². The molecule has 1 saturated carbocycles. The van der Waals surface area contributed by atoms with Crippen molar-refractivity contribution in [3.05, 3.63) is 47.3 Å². The van der Waals surface area contributed by atoms with E-state index >= 15 is 0 Å². The number of ether oxygens (including phenoxy) is 1. The maximum absolute atomic E-state index is 13.2. The lowest BCUT2D eigenvalue weighted by molar-refractivity contribution is -0.142. The number of fused-ring (bicyclic) bond motifs is 1. The first-order valence-corrected chi connectivity index (χ1v) is 10.1. The Bertz CT molecular complexity index is 937. The standard InChI is InChI=1S/C21H26F3N5O.HI/c1-25-19(26-12-14-13-29(2)28-18(14)21(22,23)24)27-16-11-20(9-5-6-10-20)30-17-8-4-3-7-15(16)17;/h3-4,7-8,13,16H,5-6,9-12H2,1-2H3,(H2,25,26,27);1H. The van der Waals surface area contributed by atoms with Crippen LogP contribution >= 0.6 is 24.0 Å². The molecular weight excluding hydrogens is 522 g/mol. The number of benzene rings is 1. The molecule has 0 bridgehead atoms. The number of halogens is 4. The maximum Gasteiger partial charge on any atom is 0.435 e. The van der Waals surface area contributed by atoms with Crippen LogP contribution in [0, 0.1) is 0 Å². The van der Waals surface area contributed by atoms with Crippen molar-refractivity contribution in [2.45, 2.75) is 56.5 Å². The van der Waals surface area contributed by atoms with Gasteiger partial charge >= 0.3 is 6.18 Å². The van der Waals surface area contributed by atoms with E-state index in [2.05, 4.69) is 20.7 Å². The molecule has 6 nitrogen and oxygen atoms in total. The zero-order chi connectivity index (χ0) is 21.4. The second kappa shape index (κ2) is 9.25. The van der Waals surface area contributed by atoms with Crippen molar-refractivity contribution >= 4 is 29.9 Å². The highest BCUT2D eigenvalue weighted by Gasteiger charge is 2.43. The molecule has 2 aromatic rings. The van der Waals surface area contributed by atoms with Crippen LogP contribution in [-0.4, -0.2) is 28.4 Å². The van der Waals surface area contributed by atoms with Gasteiger partial charge in [-0.05, 0) is 31.7 Å². The van der Waals surface area contributed by atoms with E-state index in [-0.39, 0.29) is 47.7 Å². The first kappa shape index (κ1) is 23.7. The lowest BCUT2D eigenvalue weighted by Crippen LogP contribution is -2.46.